The van der Waals surface area contributed by atoms with E-state index in [0.29, 0.717) is 6.42 Å². The van der Waals surface area contributed by atoms with Crippen LogP contribution in [0.2, 0.25) is 0 Å². The summed E-state index contributed by atoms with van der Waals surface area (Å²) >= 11 is 0. The lowest BCUT2D eigenvalue weighted by Gasteiger charge is -2.39. The summed E-state index contributed by atoms with van der Waals surface area (Å²) in [6, 6.07) is 4.77. The molecule has 0 N–H and O–H groups in total. The van der Waals surface area contributed by atoms with Crippen LogP contribution in [-0.2, 0) is 4.74 Å². The highest BCUT2D eigenvalue weighted by molar-refractivity contribution is 5.33. The second-order valence-corrected chi connectivity index (χ2v) is 9.63. The van der Waals surface area contributed by atoms with Crippen LogP contribution >= 0.6 is 0 Å². The van der Waals surface area contributed by atoms with Crippen LogP contribution in [0.3, 0.4) is 0 Å². The van der Waals surface area contributed by atoms with Gasteiger partial charge < -0.3 is 9.47 Å². The maximum atomic E-state index is 14.9. The van der Waals surface area contributed by atoms with E-state index in [1.165, 1.54) is 13.0 Å². The van der Waals surface area contributed by atoms with Crippen molar-refractivity contribution >= 4 is 0 Å². The van der Waals surface area contributed by atoms with Gasteiger partial charge in [0.2, 0.25) is 0 Å². The van der Waals surface area contributed by atoms with E-state index in [-0.39, 0.29) is 37.0 Å². The summed E-state index contributed by atoms with van der Waals surface area (Å²) in [6.07, 6.45) is -4.64. The molecule has 0 saturated carbocycles. The lowest BCUT2D eigenvalue weighted by molar-refractivity contribution is -0.252. The number of ether oxygens (including phenoxy) is 2. The first-order chi connectivity index (χ1) is 16.8. The topological polar surface area (TPSA) is 18.5 Å². The fraction of sp³-hybridized carbons (Fsp3) is 0.462. The summed E-state index contributed by atoms with van der Waals surface area (Å²) in [5, 5.41) is 0. The summed E-state index contributed by atoms with van der Waals surface area (Å²) < 4.78 is 124. The number of rotatable bonds is 5. The van der Waals surface area contributed by atoms with E-state index in [4.69, 9.17) is 4.74 Å². The van der Waals surface area contributed by atoms with Gasteiger partial charge in [0.15, 0.2) is 17.5 Å². The van der Waals surface area contributed by atoms with Gasteiger partial charge in [0.25, 0.3) is 0 Å². The molecule has 1 aliphatic heterocycles. The standard InChI is InChI=1S/C26H24F8O2/c1-13-7-8-25(2,24(32)22(13)30)26(33,34)36-16-4-5-17(18(27)11-16)14-3-6-21(35-12-14)15-9-19(28)23(31)20(29)10-15/h4-5,9-11,13-14,21H,3,6-8,12H2,1-2H3/t13?,14?,21?,25-/m0/s1. The van der Waals surface area contributed by atoms with E-state index in [0.717, 1.165) is 31.2 Å². The lowest BCUT2D eigenvalue weighted by Crippen LogP contribution is -2.46. The Bertz CT molecular complexity index is 1150. The normalized spacial score (nSPS) is 27.3. The number of hydrogen-bond donors (Lipinski definition) is 0. The van der Waals surface area contributed by atoms with Crippen LogP contribution in [0, 0.1) is 34.6 Å². The Labute approximate surface area is 202 Å². The highest BCUT2D eigenvalue weighted by Gasteiger charge is 2.59. The van der Waals surface area contributed by atoms with Crippen molar-refractivity contribution < 1.29 is 44.6 Å². The van der Waals surface area contributed by atoms with E-state index in [9.17, 15) is 35.1 Å². The third-order valence-corrected chi connectivity index (χ3v) is 7.16. The van der Waals surface area contributed by atoms with Crippen molar-refractivity contribution in [1.29, 1.82) is 0 Å². The number of hydrogen-bond acceptors (Lipinski definition) is 2. The molecule has 2 aromatic rings. The van der Waals surface area contributed by atoms with E-state index in [1.807, 2.05) is 0 Å². The Morgan fingerprint density at radius 3 is 2.17 bits per heavy atom. The van der Waals surface area contributed by atoms with E-state index in [2.05, 4.69) is 4.74 Å². The van der Waals surface area contributed by atoms with Gasteiger partial charge in [-0.15, -0.1) is 0 Å². The fourth-order valence-electron chi connectivity index (χ4n) is 4.68. The molecule has 0 aromatic heterocycles. The second-order valence-electron chi connectivity index (χ2n) is 9.63. The van der Waals surface area contributed by atoms with Gasteiger partial charge in [-0.05, 0) is 61.9 Å². The molecule has 1 saturated heterocycles. The Morgan fingerprint density at radius 2 is 1.58 bits per heavy atom. The van der Waals surface area contributed by atoms with Crippen molar-refractivity contribution in [2.24, 2.45) is 11.3 Å². The Morgan fingerprint density at radius 1 is 0.917 bits per heavy atom. The average Bonchev–Trinajstić information content (AvgIpc) is 2.83. The highest BCUT2D eigenvalue weighted by Crippen LogP contribution is 2.53. The van der Waals surface area contributed by atoms with Crippen LogP contribution in [0.5, 0.6) is 5.75 Å². The zero-order valence-electron chi connectivity index (χ0n) is 19.5. The molecular weight excluding hydrogens is 496 g/mol. The number of benzene rings is 2. The molecule has 3 unspecified atom stereocenters. The number of allylic oxidation sites excluding steroid dienone is 1. The highest BCUT2D eigenvalue weighted by atomic mass is 19.3. The summed E-state index contributed by atoms with van der Waals surface area (Å²) in [5.41, 5.74) is -2.28. The molecule has 0 bridgehead atoms. The summed E-state index contributed by atoms with van der Waals surface area (Å²) in [4.78, 5) is 0. The molecule has 36 heavy (non-hydrogen) atoms. The quantitative estimate of drug-likeness (QED) is 0.291. The van der Waals surface area contributed by atoms with Crippen LogP contribution < -0.4 is 4.74 Å². The predicted molar refractivity (Wildman–Crippen MR) is 115 cm³/mol. The van der Waals surface area contributed by atoms with Crippen molar-refractivity contribution in [2.45, 2.75) is 57.7 Å². The molecule has 1 fully saturated rings. The third-order valence-electron chi connectivity index (χ3n) is 7.16. The van der Waals surface area contributed by atoms with Crippen molar-refractivity contribution in [2.75, 3.05) is 6.61 Å². The van der Waals surface area contributed by atoms with Crippen LogP contribution in [0.15, 0.2) is 42.0 Å². The maximum Gasteiger partial charge on any atom is 0.409 e. The largest absolute Gasteiger partial charge is 0.432 e. The Kier molecular flexibility index (Phi) is 7.11. The minimum Gasteiger partial charge on any atom is -0.432 e. The Hall–Kier alpha value is -2.62. The average molecular weight is 520 g/mol. The maximum absolute atomic E-state index is 14.9. The van der Waals surface area contributed by atoms with Gasteiger partial charge in [-0.2, -0.15) is 8.78 Å². The zero-order valence-corrected chi connectivity index (χ0v) is 19.5. The van der Waals surface area contributed by atoms with Crippen LogP contribution in [-0.4, -0.2) is 12.7 Å². The van der Waals surface area contributed by atoms with Crippen LogP contribution in [0.4, 0.5) is 35.1 Å². The molecule has 2 nitrogen and oxygen atoms in total. The predicted octanol–water partition coefficient (Wildman–Crippen LogP) is 8.44. The fourth-order valence-corrected chi connectivity index (χ4v) is 4.68. The molecule has 4 atom stereocenters. The zero-order chi connectivity index (χ0) is 26.4. The molecule has 196 valence electrons. The molecule has 0 spiro atoms. The van der Waals surface area contributed by atoms with Crippen molar-refractivity contribution in [3.63, 3.8) is 0 Å². The summed E-state index contributed by atoms with van der Waals surface area (Å²) in [7, 11) is 0. The van der Waals surface area contributed by atoms with Crippen LogP contribution in [0.1, 0.15) is 62.7 Å². The molecule has 1 heterocycles. The number of halogens is 8. The molecular formula is C26H24F8O2. The first kappa shape index (κ1) is 26.4. The summed E-state index contributed by atoms with van der Waals surface area (Å²) in [6.45, 7) is 2.23. The number of alkyl halides is 2. The van der Waals surface area contributed by atoms with Crippen molar-refractivity contribution in [3.05, 3.63) is 76.4 Å². The van der Waals surface area contributed by atoms with Gasteiger partial charge in [-0.1, -0.05) is 13.0 Å². The van der Waals surface area contributed by atoms with E-state index in [1.54, 1.807) is 0 Å². The first-order valence-corrected chi connectivity index (χ1v) is 11.5. The molecule has 4 rings (SSSR count). The van der Waals surface area contributed by atoms with Crippen LogP contribution in [0.25, 0.3) is 0 Å². The van der Waals surface area contributed by atoms with Gasteiger partial charge >= 0.3 is 6.11 Å². The molecule has 10 heteroatoms. The van der Waals surface area contributed by atoms with E-state index < -0.39 is 70.1 Å². The van der Waals surface area contributed by atoms with Crippen molar-refractivity contribution in [3.8, 4) is 5.75 Å². The lowest BCUT2D eigenvalue weighted by atomic mass is 9.75. The SMILES string of the molecule is CC1CC[C@](C)(C(F)(F)Oc2ccc(C3CCC(c4cc(F)c(F)c(F)c4)OC3)c(F)c2)C(F)=C1F. The minimum absolute atomic E-state index is 0.00187. The first-order valence-electron chi connectivity index (χ1n) is 11.5. The molecule has 2 aromatic carbocycles. The van der Waals surface area contributed by atoms with Gasteiger partial charge in [0.1, 0.15) is 28.6 Å². The molecule has 0 amide bonds. The van der Waals surface area contributed by atoms with Gasteiger partial charge in [-0.25, -0.2) is 26.3 Å². The van der Waals surface area contributed by atoms with Gasteiger partial charge in [0.05, 0.1) is 12.7 Å². The Balaban J connectivity index is 1.46. The third kappa shape index (κ3) is 4.71. The molecule has 2 aliphatic rings. The molecule has 0 radical (unpaired) electrons. The van der Waals surface area contributed by atoms with E-state index >= 15 is 0 Å². The smallest absolute Gasteiger partial charge is 0.409 e. The van der Waals surface area contributed by atoms with Gasteiger partial charge in [0, 0.05) is 17.9 Å². The van der Waals surface area contributed by atoms with Crippen molar-refractivity contribution in [1.82, 2.24) is 0 Å². The monoisotopic (exact) mass is 520 g/mol. The van der Waals surface area contributed by atoms with Gasteiger partial charge in [-0.3, -0.25) is 0 Å². The summed E-state index contributed by atoms with van der Waals surface area (Å²) in [5.74, 6) is -9.80. The second kappa shape index (κ2) is 9.68. The minimum atomic E-state index is -4.15. The molecule has 1 aliphatic carbocycles.